The third kappa shape index (κ3) is 4.36. The molecular weight excluding hydrogens is 259 g/mol. The van der Waals surface area contributed by atoms with Crippen LogP contribution in [-0.2, 0) is 0 Å². The minimum absolute atomic E-state index is 0.0629. The SMILES string of the molecule is [2H]C([2H])(NC(C)(C)C)C([2H])(O)c1c(Cl)cc(N)cc1Cl. The summed E-state index contributed by atoms with van der Waals surface area (Å²) in [4.78, 5) is 0. The van der Waals surface area contributed by atoms with E-state index < -0.39 is 18.1 Å². The molecule has 0 aliphatic rings. The number of nitrogens with one attached hydrogen (secondary N) is 1. The second kappa shape index (κ2) is 5.44. The van der Waals surface area contributed by atoms with E-state index in [4.69, 9.17) is 33.0 Å². The molecule has 96 valence electrons. The van der Waals surface area contributed by atoms with Gasteiger partial charge in [0.25, 0.3) is 0 Å². The zero-order valence-electron chi connectivity index (χ0n) is 12.9. The van der Waals surface area contributed by atoms with E-state index in [2.05, 4.69) is 5.32 Å². The zero-order valence-corrected chi connectivity index (χ0v) is 11.4. The van der Waals surface area contributed by atoms with Crippen LogP contribution >= 0.6 is 23.2 Å². The topological polar surface area (TPSA) is 58.3 Å². The number of nitrogen functional groups attached to an aromatic ring is 1. The van der Waals surface area contributed by atoms with Gasteiger partial charge in [-0.05, 0) is 32.9 Å². The van der Waals surface area contributed by atoms with Gasteiger partial charge in [0.2, 0.25) is 0 Å². The van der Waals surface area contributed by atoms with Gasteiger partial charge in [0.15, 0.2) is 0 Å². The quantitative estimate of drug-likeness (QED) is 0.746. The summed E-state index contributed by atoms with van der Waals surface area (Å²) < 4.78 is 23.9. The van der Waals surface area contributed by atoms with Crippen LogP contribution in [0.2, 0.25) is 10.0 Å². The Morgan fingerprint density at radius 3 is 2.35 bits per heavy atom. The Hall–Kier alpha value is -0.480. The van der Waals surface area contributed by atoms with Gasteiger partial charge in [-0.2, -0.15) is 0 Å². The maximum Gasteiger partial charge on any atom is 0.0943 e. The number of aliphatic hydroxyl groups is 1. The summed E-state index contributed by atoms with van der Waals surface area (Å²) in [6, 6.07) is 2.63. The summed E-state index contributed by atoms with van der Waals surface area (Å²) in [5.74, 6) is 0. The van der Waals surface area contributed by atoms with Gasteiger partial charge in [0.1, 0.15) is 0 Å². The first-order chi connectivity index (χ1) is 8.78. The number of hydrogen-bond acceptors (Lipinski definition) is 3. The predicted molar refractivity (Wildman–Crippen MR) is 73.6 cm³/mol. The smallest absolute Gasteiger partial charge is 0.0943 e. The van der Waals surface area contributed by atoms with Crippen molar-refractivity contribution in [2.24, 2.45) is 0 Å². The molecule has 0 aliphatic carbocycles. The lowest BCUT2D eigenvalue weighted by molar-refractivity contribution is 0.163. The largest absolute Gasteiger partial charge is 0.399 e. The summed E-state index contributed by atoms with van der Waals surface area (Å²) in [5.41, 5.74) is 4.94. The fraction of sp³-hybridized carbons (Fsp3) is 0.500. The maximum atomic E-state index is 10.3. The number of nitrogens with two attached hydrogens (primary N) is 1. The van der Waals surface area contributed by atoms with E-state index >= 15 is 0 Å². The summed E-state index contributed by atoms with van der Waals surface area (Å²) in [6.07, 6.45) is -2.68. The van der Waals surface area contributed by atoms with E-state index in [1.165, 1.54) is 12.1 Å². The fourth-order valence-electron chi connectivity index (χ4n) is 1.13. The maximum absolute atomic E-state index is 10.3. The number of rotatable bonds is 3. The van der Waals surface area contributed by atoms with Crippen LogP contribution in [0.4, 0.5) is 5.69 Å². The Bertz CT molecular complexity index is 493. The molecule has 0 saturated carbocycles. The van der Waals surface area contributed by atoms with Crippen molar-refractivity contribution in [3.05, 3.63) is 27.7 Å². The van der Waals surface area contributed by atoms with Crippen molar-refractivity contribution in [2.45, 2.75) is 32.4 Å². The first-order valence-electron chi connectivity index (χ1n) is 6.54. The highest BCUT2D eigenvalue weighted by Crippen LogP contribution is 2.32. The number of anilines is 1. The lowest BCUT2D eigenvalue weighted by Crippen LogP contribution is -2.38. The number of benzene rings is 1. The highest BCUT2D eigenvalue weighted by atomic mass is 35.5. The molecule has 0 fully saturated rings. The molecule has 5 heteroatoms. The zero-order chi connectivity index (χ0) is 15.9. The van der Waals surface area contributed by atoms with Crippen molar-refractivity contribution in [3.63, 3.8) is 0 Å². The van der Waals surface area contributed by atoms with Crippen molar-refractivity contribution in [1.29, 1.82) is 0 Å². The van der Waals surface area contributed by atoms with Gasteiger partial charge in [0.05, 0.1) is 7.45 Å². The Kier molecular flexibility index (Phi) is 3.34. The van der Waals surface area contributed by atoms with Gasteiger partial charge < -0.3 is 16.2 Å². The highest BCUT2D eigenvalue weighted by molar-refractivity contribution is 6.36. The molecule has 4 N–H and O–H groups in total. The van der Waals surface area contributed by atoms with Crippen molar-refractivity contribution >= 4 is 28.9 Å². The van der Waals surface area contributed by atoms with Crippen LogP contribution in [0.15, 0.2) is 12.1 Å². The molecule has 0 aliphatic heterocycles. The lowest BCUT2D eigenvalue weighted by Gasteiger charge is -2.24. The Morgan fingerprint density at radius 1 is 1.47 bits per heavy atom. The molecule has 0 aromatic heterocycles. The van der Waals surface area contributed by atoms with Gasteiger partial charge >= 0.3 is 0 Å². The van der Waals surface area contributed by atoms with Gasteiger partial charge in [-0.15, -0.1) is 0 Å². The van der Waals surface area contributed by atoms with E-state index in [1.54, 1.807) is 20.8 Å². The van der Waals surface area contributed by atoms with Crippen LogP contribution in [0.1, 0.15) is 36.5 Å². The Labute approximate surface area is 116 Å². The molecule has 17 heavy (non-hydrogen) atoms. The molecule has 0 amide bonds. The van der Waals surface area contributed by atoms with E-state index in [0.717, 1.165) is 0 Å². The first kappa shape index (κ1) is 10.4. The van der Waals surface area contributed by atoms with Gasteiger partial charge in [-0.3, -0.25) is 0 Å². The van der Waals surface area contributed by atoms with Crippen LogP contribution < -0.4 is 11.1 Å². The first-order valence-corrected chi connectivity index (χ1v) is 5.80. The minimum atomic E-state index is -2.68. The van der Waals surface area contributed by atoms with Gasteiger partial charge in [0, 0.05) is 36.1 Å². The number of β-amino-alcohol motifs (C(OH)–C–C–N with tert-alkyl or cyclic N) is 1. The third-order valence-electron chi connectivity index (χ3n) is 1.86. The van der Waals surface area contributed by atoms with Crippen molar-refractivity contribution < 1.29 is 9.22 Å². The predicted octanol–water partition coefficient (Wildman–Crippen LogP) is 3.00. The van der Waals surface area contributed by atoms with Crippen LogP contribution in [-0.4, -0.2) is 17.1 Å². The van der Waals surface area contributed by atoms with Gasteiger partial charge in [-0.1, -0.05) is 23.2 Å². The molecule has 1 unspecified atom stereocenters. The average molecular weight is 280 g/mol. The van der Waals surface area contributed by atoms with Crippen molar-refractivity contribution in [3.8, 4) is 0 Å². The van der Waals surface area contributed by atoms with Gasteiger partial charge in [-0.25, -0.2) is 0 Å². The molecule has 3 nitrogen and oxygen atoms in total. The minimum Gasteiger partial charge on any atom is -0.399 e. The molecule has 0 bridgehead atoms. The summed E-state index contributed by atoms with van der Waals surface area (Å²) in [7, 11) is 0. The van der Waals surface area contributed by atoms with Crippen LogP contribution in [0.25, 0.3) is 0 Å². The Balaban J connectivity index is 3.36. The van der Waals surface area contributed by atoms with E-state index in [9.17, 15) is 5.11 Å². The summed E-state index contributed by atoms with van der Waals surface area (Å²) in [5, 5.41) is 12.8. The molecule has 0 spiro atoms. The standard InChI is InChI=1S/C12H18Cl2N2O/c1-12(2,3)16-6-10(17)11-8(13)4-7(15)5-9(11)14/h4-5,10,16-17H,6,15H2,1-3H3/i6D2,10D. The van der Waals surface area contributed by atoms with Crippen LogP contribution in [0, 0.1) is 0 Å². The van der Waals surface area contributed by atoms with E-state index in [0.29, 0.717) is 0 Å². The molecule has 1 atom stereocenters. The Morgan fingerprint density at radius 2 is 1.94 bits per heavy atom. The van der Waals surface area contributed by atoms with E-state index in [-0.39, 0.29) is 21.3 Å². The third-order valence-corrected chi connectivity index (χ3v) is 2.45. The molecule has 0 saturated heterocycles. The normalized spacial score (nSPS) is 19.1. The molecule has 0 heterocycles. The monoisotopic (exact) mass is 279 g/mol. The summed E-state index contributed by atoms with van der Waals surface area (Å²) >= 11 is 11.9. The van der Waals surface area contributed by atoms with Crippen molar-refractivity contribution in [2.75, 3.05) is 12.2 Å². The molecular formula is C12H18Cl2N2O. The highest BCUT2D eigenvalue weighted by Gasteiger charge is 2.18. The second-order valence-electron chi connectivity index (χ2n) is 4.71. The molecule has 1 aromatic rings. The van der Waals surface area contributed by atoms with Crippen molar-refractivity contribution in [1.82, 2.24) is 5.32 Å². The number of hydrogen-bond donors (Lipinski definition) is 3. The summed E-state index contributed by atoms with van der Waals surface area (Å²) in [6.45, 7) is 2.67. The van der Waals surface area contributed by atoms with Crippen LogP contribution in [0.3, 0.4) is 0 Å². The second-order valence-corrected chi connectivity index (χ2v) is 5.52. The van der Waals surface area contributed by atoms with Crippen LogP contribution in [0.5, 0.6) is 0 Å². The average Bonchev–Trinajstić information content (AvgIpc) is 2.09. The van der Waals surface area contributed by atoms with E-state index in [1.807, 2.05) is 0 Å². The molecule has 0 radical (unpaired) electrons. The lowest BCUT2D eigenvalue weighted by atomic mass is 10.1. The number of halogens is 2. The fourth-order valence-corrected chi connectivity index (χ4v) is 1.81. The molecule has 1 aromatic carbocycles. The molecule has 1 rings (SSSR count).